The van der Waals surface area contributed by atoms with Gasteiger partial charge in [-0.25, -0.2) is 0 Å². The molecule has 4 heteroatoms. The van der Waals surface area contributed by atoms with Gasteiger partial charge >= 0.3 is 0 Å². The number of allylic oxidation sites excluding steroid dienone is 3. The highest BCUT2D eigenvalue weighted by atomic mass is 16.3. The lowest BCUT2D eigenvalue weighted by Gasteiger charge is -2.62. The second-order valence-corrected chi connectivity index (χ2v) is 13.5. The Morgan fingerprint density at radius 1 is 1.12 bits per heavy atom. The van der Waals surface area contributed by atoms with Gasteiger partial charge in [0.05, 0.1) is 12.2 Å². The van der Waals surface area contributed by atoms with Crippen LogP contribution >= 0.6 is 0 Å². The largest absolute Gasteiger partial charge is 0.393 e. The Kier molecular flexibility index (Phi) is 6.38. The van der Waals surface area contributed by atoms with E-state index in [-0.39, 0.29) is 33.4 Å². The summed E-state index contributed by atoms with van der Waals surface area (Å²) in [5, 5.41) is 22.5. The van der Waals surface area contributed by atoms with Crippen molar-refractivity contribution in [3.8, 4) is 0 Å². The summed E-state index contributed by atoms with van der Waals surface area (Å²) in [5.74, 6) is 1.17. The first-order valence-corrected chi connectivity index (χ1v) is 13.5. The fraction of sp³-hybridized carbons (Fsp3) is 0.800. The Morgan fingerprint density at radius 2 is 1.79 bits per heavy atom. The number of aldehydes is 1. The smallest absolute Gasteiger partial charge is 0.159 e. The van der Waals surface area contributed by atoms with Crippen molar-refractivity contribution in [2.75, 3.05) is 0 Å². The van der Waals surface area contributed by atoms with Crippen LogP contribution in [0, 0.1) is 39.4 Å². The summed E-state index contributed by atoms with van der Waals surface area (Å²) in [4.78, 5) is 24.9. The lowest BCUT2D eigenvalue weighted by molar-refractivity contribution is -0.138. The Morgan fingerprint density at radius 3 is 2.44 bits per heavy atom. The van der Waals surface area contributed by atoms with E-state index >= 15 is 0 Å². The van der Waals surface area contributed by atoms with Crippen LogP contribution in [0.4, 0.5) is 0 Å². The molecule has 34 heavy (non-hydrogen) atoms. The molecule has 0 saturated heterocycles. The minimum absolute atomic E-state index is 0.0570. The molecule has 0 aromatic carbocycles. The van der Waals surface area contributed by atoms with Crippen molar-refractivity contribution >= 4 is 12.1 Å². The predicted octanol–water partition coefficient (Wildman–Crippen LogP) is 5.81. The monoisotopic (exact) mass is 470 g/mol. The zero-order chi connectivity index (χ0) is 25.3. The number of hydrogen-bond donors (Lipinski definition) is 2. The Balaban J connectivity index is 1.73. The minimum Gasteiger partial charge on any atom is -0.393 e. The highest BCUT2D eigenvalue weighted by molar-refractivity contribution is 6.00. The molecule has 4 nitrogen and oxygen atoms in total. The van der Waals surface area contributed by atoms with Gasteiger partial charge in [-0.15, -0.1) is 0 Å². The topological polar surface area (TPSA) is 74.6 Å². The quantitative estimate of drug-likeness (QED) is 0.393. The number of aliphatic hydroxyl groups excluding tert-OH is 2. The van der Waals surface area contributed by atoms with Gasteiger partial charge in [-0.2, -0.15) is 0 Å². The standard InChI is InChI=1S/C30H46O4/c1-18(17-31)9-8-10-19(2)20-11-14-29(6)26-21(32)15-23-27(3,4)24(34)12-13-28(23,5)25(26)22(33)16-30(20,29)7/h9,17,19-20,22-24,33-34H,8,10-16H2,1-7H3/b18-9+/t19-,20-,22-,23+,24+,28+,29+,30-/m1/s1. The van der Waals surface area contributed by atoms with E-state index in [1.54, 1.807) is 0 Å². The zero-order valence-electron chi connectivity index (χ0n) is 22.4. The predicted molar refractivity (Wildman–Crippen MR) is 135 cm³/mol. The molecule has 2 saturated carbocycles. The summed E-state index contributed by atoms with van der Waals surface area (Å²) in [7, 11) is 0. The summed E-state index contributed by atoms with van der Waals surface area (Å²) >= 11 is 0. The molecule has 4 aliphatic carbocycles. The summed E-state index contributed by atoms with van der Waals surface area (Å²) in [5.41, 5.74) is 1.82. The average molecular weight is 471 g/mol. The molecule has 0 bridgehead atoms. The van der Waals surface area contributed by atoms with Crippen molar-refractivity contribution in [3.63, 3.8) is 0 Å². The van der Waals surface area contributed by atoms with E-state index in [0.29, 0.717) is 24.7 Å². The lowest BCUT2D eigenvalue weighted by atomic mass is 9.42. The summed E-state index contributed by atoms with van der Waals surface area (Å²) in [6, 6.07) is 0. The summed E-state index contributed by atoms with van der Waals surface area (Å²) in [6.07, 6.45) is 8.66. The zero-order valence-corrected chi connectivity index (χ0v) is 22.4. The Hall–Kier alpha value is -1.26. The highest BCUT2D eigenvalue weighted by Crippen LogP contribution is 2.71. The van der Waals surface area contributed by atoms with Gasteiger partial charge < -0.3 is 10.2 Å². The molecule has 0 radical (unpaired) electrons. The third-order valence-electron chi connectivity index (χ3n) is 11.5. The maximum atomic E-state index is 13.9. The van der Waals surface area contributed by atoms with Crippen molar-refractivity contribution in [1.29, 1.82) is 0 Å². The fourth-order valence-electron chi connectivity index (χ4n) is 9.21. The number of fused-ring (bicyclic) bond motifs is 4. The molecule has 0 aliphatic heterocycles. The van der Waals surface area contributed by atoms with E-state index in [1.807, 2.05) is 13.0 Å². The molecule has 0 aromatic rings. The third-order valence-corrected chi connectivity index (χ3v) is 11.5. The number of ketones is 1. The van der Waals surface area contributed by atoms with Gasteiger partial charge in [0.1, 0.15) is 6.29 Å². The van der Waals surface area contributed by atoms with Gasteiger partial charge in [-0.3, -0.25) is 9.59 Å². The lowest BCUT2D eigenvalue weighted by Crippen LogP contribution is -2.59. The third kappa shape index (κ3) is 3.45. The molecule has 0 amide bonds. The number of aliphatic hydroxyl groups is 2. The molecule has 2 N–H and O–H groups in total. The van der Waals surface area contributed by atoms with Crippen molar-refractivity contribution < 1.29 is 19.8 Å². The molecule has 2 fully saturated rings. The van der Waals surface area contributed by atoms with Crippen LogP contribution in [0.2, 0.25) is 0 Å². The normalized spacial score (nSPS) is 44.9. The van der Waals surface area contributed by atoms with Crippen LogP contribution in [0.3, 0.4) is 0 Å². The fourth-order valence-corrected chi connectivity index (χ4v) is 9.21. The number of rotatable bonds is 5. The van der Waals surface area contributed by atoms with Crippen molar-refractivity contribution in [3.05, 3.63) is 22.8 Å². The molecule has 4 rings (SSSR count). The van der Waals surface area contributed by atoms with E-state index < -0.39 is 12.2 Å². The van der Waals surface area contributed by atoms with Crippen LogP contribution in [0.1, 0.15) is 99.8 Å². The molecular formula is C30H46O4. The van der Waals surface area contributed by atoms with Crippen LogP contribution in [0.5, 0.6) is 0 Å². The first-order chi connectivity index (χ1) is 15.7. The average Bonchev–Trinajstić information content (AvgIpc) is 3.03. The molecular weight excluding hydrogens is 424 g/mol. The number of hydrogen-bond acceptors (Lipinski definition) is 4. The van der Waals surface area contributed by atoms with E-state index in [9.17, 15) is 19.8 Å². The number of carbonyl (C=O) groups excluding carboxylic acids is 2. The maximum Gasteiger partial charge on any atom is 0.159 e. The van der Waals surface area contributed by atoms with E-state index in [0.717, 1.165) is 61.5 Å². The summed E-state index contributed by atoms with van der Waals surface area (Å²) < 4.78 is 0. The van der Waals surface area contributed by atoms with Crippen molar-refractivity contribution in [2.45, 2.75) is 112 Å². The van der Waals surface area contributed by atoms with Crippen LogP contribution in [-0.2, 0) is 9.59 Å². The first kappa shape index (κ1) is 25.8. The van der Waals surface area contributed by atoms with E-state index in [1.165, 1.54) is 0 Å². The Labute approximate surface area is 206 Å². The number of carbonyl (C=O) groups is 2. The van der Waals surface area contributed by atoms with Crippen LogP contribution in [0.15, 0.2) is 22.8 Å². The molecule has 0 aromatic heterocycles. The molecule has 190 valence electrons. The van der Waals surface area contributed by atoms with Gasteiger partial charge in [-0.1, -0.05) is 47.6 Å². The van der Waals surface area contributed by atoms with Gasteiger partial charge in [-0.05, 0) is 97.0 Å². The van der Waals surface area contributed by atoms with Gasteiger partial charge in [0.25, 0.3) is 0 Å². The van der Waals surface area contributed by atoms with Crippen LogP contribution in [0.25, 0.3) is 0 Å². The first-order valence-electron chi connectivity index (χ1n) is 13.5. The second kappa shape index (κ2) is 8.40. The highest BCUT2D eigenvalue weighted by Gasteiger charge is 2.67. The van der Waals surface area contributed by atoms with Gasteiger partial charge in [0.2, 0.25) is 0 Å². The summed E-state index contributed by atoms with van der Waals surface area (Å²) in [6.45, 7) is 15.3. The SMILES string of the molecule is C/C(C=O)=C\CC[C@@H](C)[C@H]1CC[C@@]2(C)C3=C([C@H](O)C[C@]12C)[C@@]1(C)CC[C@H](O)C(C)(C)[C@@H]1CC3=O. The van der Waals surface area contributed by atoms with Crippen LogP contribution in [-0.4, -0.2) is 34.5 Å². The second-order valence-electron chi connectivity index (χ2n) is 13.5. The molecule has 8 atom stereocenters. The molecule has 0 spiro atoms. The maximum absolute atomic E-state index is 13.9. The van der Waals surface area contributed by atoms with Crippen molar-refractivity contribution in [1.82, 2.24) is 0 Å². The van der Waals surface area contributed by atoms with E-state index in [2.05, 4.69) is 41.5 Å². The minimum atomic E-state index is -0.596. The van der Waals surface area contributed by atoms with Gasteiger partial charge in [0.15, 0.2) is 5.78 Å². The van der Waals surface area contributed by atoms with Crippen molar-refractivity contribution in [2.24, 2.45) is 39.4 Å². The van der Waals surface area contributed by atoms with E-state index in [4.69, 9.17) is 0 Å². The number of Topliss-reactive ketones (excluding diaryl/α,β-unsaturated/α-hetero) is 1. The molecule has 0 unspecified atom stereocenters. The van der Waals surface area contributed by atoms with Crippen LogP contribution < -0.4 is 0 Å². The van der Waals surface area contributed by atoms with Gasteiger partial charge in [0, 0.05) is 17.4 Å². The Bertz CT molecular complexity index is 928. The molecule has 0 heterocycles. The molecule has 4 aliphatic rings.